The monoisotopic (exact) mass is 366 g/mol. The van der Waals surface area contributed by atoms with Gasteiger partial charge in [-0.2, -0.15) is 0 Å². The van der Waals surface area contributed by atoms with Crippen molar-refractivity contribution in [3.8, 4) is 0 Å². The van der Waals surface area contributed by atoms with E-state index in [4.69, 9.17) is 0 Å². The van der Waals surface area contributed by atoms with Crippen LogP contribution < -0.4 is 10.6 Å². The van der Waals surface area contributed by atoms with E-state index in [1.165, 1.54) is 0 Å². The molecule has 0 aliphatic carbocycles. The number of nitrogens with one attached hydrogen (secondary N) is 2. The Morgan fingerprint density at radius 1 is 1.25 bits per heavy atom. The van der Waals surface area contributed by atoms with Gasteiger partial charge in [0.1, 0.15) is 0 Å². The Morgan fingerprint density at radius 3 is 2.45 bits per heavy atom. The molecule has 5 nitrogen and oxygen atoms in total. The molecule has 0 saturated carbocycles. The Hall–Kier alpha value is 0.570. The minimum absolute atomic E-state index is 0. The SMILES string of the molecule is CN1CCN(CCNC(=O)C2CSCN2)CC1.Cl.Cl.Cl. The van der Waals surface area contributed by atoms with Crippen molar-refractivity contribution in [2.45, 2.75) is 6.04 Å². The average molecular weight is 368 g/mol. The molecule has 0 spiro atoms. The second kappa shape index (κ2) is 12.1. The summed E-state index contributed by atoms with van der Waals surface area (Å²) in [6, 6.07) is 0.0208. The summed E-state index contributed by atoms with van der Waals surface area (Å²) in [5, 5.41) is 6.19. The second-order valence-corrected chi connectivity index (χ2v) is 5.74. The van der Waals surface area contributed by atoms with Gasteiger partial charge in [-0.05, 0) is 7.05 Å². The van der Waals surface area contributed by atoms with E-state index in [1.54, 1.807) is 11.8 Å². The van der Waals surface area contributed by atoms with Gasteiger partial charge in [0.15, 0.2) is 0 Å². The summed E-state index contributed by atoms with van der Waals surface area (Å²) in [4.78, 5) is 16.5. The van der Waals surface area contributed by atoms with Crippen LogP contribution in [0.3, 0.4) is 0 Å². The normalized spacial score (nSPS) is 23.1. The van der Waals surface area contributed by atoms with Crippen LogP contribution in [0.2, 0.25) is 0 Å². The number of hydrogen-bond donors (Lipinski definition) is 2. The Kier molecular flexibility index (Phi) is 13.9. The average Bonchev–Trinajstić information content (AvgIpc) is 2.85. The number of rotatable bonds is 4. The number of nitrogens with zero attached hydrogens (tertiary/aromatic N) is 2. The molecule has 0 aromatic carbocycles. The summed E-state index contributed by atoms with van der Waals surface area (Å²) >= 11 is 1.78. The topological polar surface area (TPSA) is 47.6 Å². The third-order valence-corrected chi connectivity index (χ3v) is 4.30. The molecule has 122 valence electrons. The van der Waals surface area contributed by atoms with Crippen LogP contribution in [-0.2, 0) is 4.79 Å². The lowest BCUT2D eigenvalue weighted by atomic mass is 10.3. The summed E-state index contributed by atoms with van der Waals surface area (Å²) < 4.78 is 0. The van der Waals surface area contributed by atoms with Crippen LogP contribution in [0.15, 0.2) is 0 Å². The highest BCUT2D eigenvalue weighted by Crippen LogP contribution is 2.09. The highest BCUT2D eigenvalue weighted by atomic mass is 35.5. The fourth-order valence-electron chi connectivity index (χ4n) is 2.10. The molecule has 1 atom stereocenters. The van der Waals surface area contributed by atoms with Crippen LogP contribution in [0, 0.1) is 0 Å². The number of thioether (sulfide) groups is 1. The lowest BCUT2D eigenvalue weighted by Gasteiger charge is -2.32. The third-order valence-electron chi connectivity index (χ3n) is 3.36. The summed E-state index contributed by atoms with van der Waals surface area (Å²) in [6.07, 6.45) is 0. The van der Waals surface area contributed by atoms with Crippen LogP contribution in [0.25, 0.3) is 0 Å². The maximum absolute atomic E-state index is 11.7. The van der Waals surface area contributed by atoms with Gasteiger partial charge < -0.3 is 10.2 Å². The predicted molar refractivity (Wildman–Crippen MR) is 92.9 cm³/mol. The number of likely N-dealkylation sites (N-methyl/N-ethyl adjacent to an activating group) is 1. The first-order chi connectivity index (χ1) is 8.25. The Bertz CT molecular complexity index is 262. The van der Waals surface area contributed by atoms with Gasteiger partial charge in [0.05, 0.1) is 6.04 Å². The molecular formula is C11H25Cl3N4OS. The number of piperazine rings is 1. The number of carbonyl (C=O) groups is 1. The first kappa shape index (κ1) is 22.8. The van der Waals surface area contributed by atoms with Crippen LogP contribution in [0.1, 0.15) is 0 Å². The lowest BCUT2D eigenvalue weighted by Crippen LogP contribution is -2.48. The number of carbonyl (C=O) groups excluding carboxylic acids is 1. The molecular weight excluding hydrogens is 343 g/mol. The van der Waals surface area contributed by atoms with Crippen molar-refractivity contribution in [2.24, 2.45) is 0 Å². The van der Waals surface area contributed by atoms with E-state index >= 15 is 0 Å². The van der Waals surface area contributed by atoms with E-state index < -0.39 is 0 Å². The molecule has 2 aliphatic heterocycles. The largest absolute Gasteiger partial charge is 0.353 e. The zero-order valence-electron chi connectivity index (χ0n) is 11.7. The van der Waals surface area contributed by atoms with Gasteiger partial charge in [0.25, 0.3) is 0 Å². The molecule has 2 saturated heterocycles. The van der Waals surface area contributed by atoms with Gasteiger partial charge in [-0.15, -0.1) is 49.0 Å². The standard InChI is InChI=1S/C11H22N4OS.3ClH/c1-14-4-6-15(7-5-14)3-2-12-11(16)10-8-17-9-13-10;;;/h10,13H,2-9H2,1H3,(H,12,16);3*1H. The van der Waals surface area contributed by atoms with Crippen LogP contribution in [0.4, 0.5) is 0 Å². The van der Waals surface area contributed by atoms with Gasteiger partial charge >= 0.3 is 0 Å². The fourth-order valence-corrected chi connectivity index (χ4v) is 3.04. The van der Waals surface area contributed by atoms with E-state index in [-0.39, 0.29) is 49.2 Å². The zero-order chi connectivity index (χ0) is 12.1. The Morgan fingerprint density at radius 2 is 1.90 bits per heavy atom. The van der Waals surface area contributed by atoms with Crippen molar-refractivity contribution >= 4 is 54.9 Å². The highest BCUT2D eigenvalue weighted by molar-refractivity contribution is 7.99. The zero-order valence-corrected chi connectivity index (χ0v) is 14.9. The van der Waals surface area contributed by atoms with Gasteiger partial charge in [0.2, 0.25) is 5.91 Å². The van der Waals surface area contributed by atoms with E-state index in [2.05, 4.69) is 27.5 Å². The van der Waals surface area contributed by atoms with E-state index in [0.29, 0.717) is 0 Å². The maximum atomic E-state index is 11.7. The van der Waals surface area contributed by atoms with Crippen LogP contribution >= 0.6 is 49.0 Å². The van der Waals surface area contributed by atoms with Crippen molar-refractivity contribution in [1.82, 2.24) is 20.4 Å². The van der Waals surface area contributed by atoms with Crippen LogP contribution in [0.5, 0.6) is 0 Å². The quantitative estimate of drug-likeness (QED) is 0.747. The van der Waals surface area contributed by atoms with Gasteiger partial charge in [-0.3, -0.25) is 15.0 Å². The molecule has 2 heterocycles. The Balaban J connectivity index is 0. The van der Waals surface area contributed by atoms with Crippen LogP contribution in [-0.4, -0.2) is 79.7 Å². The highest BCUT2D eigenvalue weighted by Gasteiger charge is 2.22. The molecule has 1 unspecified atom stereocenters. The smallest absolute Gasteiger partial charge is 0.238 e. The van der Waals surface area contributed by atoms with Crippen molar-refractivity contribution in [1.29, 1.82) is 0 Å². The minimum Gasteiger partial charge on any atom is -0.353 e. The molecule has 2 fully saturated rings. The fraction of sp³-hybridized carbons (Fsp3) is 0.909. The van der Waals surface area contributed by atoms with Gasteiger partial charge in [0, 0.05) is 50.9 Å². The number of amides is 1. The summed E-state index contributed by atoms with van der Waals surface area (Å²) in [5.74, 6) is 1.96. The van der Waals surface area contributed by atoms with Gasteiger partial charge in [-0.25, -0.2) is 0 Å². The molecule has 2 N–H and O–H groups in total. The van der Waals surface area contributed by atoms with Crippen molar-refractivity contribution in [3.63, 3.8) is 0 Å². The van der Waals surface area contributed by atoms with Crippen molar-refractivity contribution < 1.29 is 4.79 Å². The molecule has 0 aromatic heterocycles. The molecule has 0 radical (unpaired) electrons. The minimum atomic E-state index is 0. The van der Waals surface area contributed by atoms with E-state index in [1.807, 2.05) is 0 Å². The molecule has 20 heavy (non-hydrogen) atoms. The number of halogens is 3. The maximum Gasteiger partial charge on any atom is 0.238 e. The van der Waals surface area contributed by atoms with E-state index in [0.717, 1.165) is 50.9 Å². The number of hydrogen-bond acceptors (Lipinski definition) is 5. The van der Waals surface area contributed by atoms with Gasteiger partial charge in [-0.1, -0.05) is 0 Å². The van der Waals surface area contributed by atoms with Crippen molar-refractivity contribution in [3.05, 3.63) is 0 Å². The summed E-state index contributed by atoms with van der Waals surface area (Å²) in [6.45, 7) is 6.24. The Labute approximate surface area is 144 Å². The second-order valence-electron chi connectivity index (χ2n) is 4.71. The molecule has 9 heteroatoms. The molecule has 2 rings (SSSR count). The summed E-state index contributed by atoms with van der Waals surface area (Å²) in [7, 11) is 2.16. The lowest BCUT2D eigenvalue weighted by molar-refractivity contribution is -0.122. The first-order valence-corrected chi connectivity index (χ1v) is 7.41. The van der Waals surface area contributed by atoms with Crippen molar-refractivity contribution in [2.75, 3.05) is 57.9 Å². The summed E-state index contributed by atoms with van der Waals surface area (Å²) in [5.41, 5.74) is 0. The first-order valence-electron chi connectivity index (χ1n) is 6.25. The predicted octanol–water partition coefficient (Wildman–Crippen LogP) is 0.278. The molecule has 0 bridgehead atoms. The van der Waals surface area contributed by atoms with E-state index in [9.17, 15) is 4.79 Å². The third kappa shape index (κ3) is 7.54. The molecule has 2 aliphatic rings. The molecule has 0 aromatic rings. The molecule has 1 amide bonds.